The van der Waals surface area contributed by atoms with E-state index in [1.165, 1.54) is 16.6 Å². The van der Waals surface area contributed by atoms with Crippen LogP contribution in [0.1, 0.15) is 29.1 Å². The highest BCUT2D eigenvalue weighted by atomic mass is 32.2. The van der Waals surface area contributed by atoms with E-state index in [0.29, 0.717) is 26.1 Å². The molecule has 0 radical (unpaired) electrons. The van der Waals surface area contributed by atoms with Gasteiger partial charge in [0.1, 0.15) is 16.3 Å². The van der Waals surface area contributed by atoms with Gasteiger partial charge in [0.25, 0.3) is 5.91 Å². The van der Waals surface area contributed by atoms with Gasteiger partial charge in [0.05, 0.1) is 6.26 Å². The second-order valence-electron chi connectivity index (χ2n) is 5.45. The van der Waals surface area contributed by atoms with Crippen molar-refractivity contribution >= 4 is 15.9 Å². The number of hydrogen-bond acceptors (Lipinski definition) is 4. The Bertz CT molecular complexity index is 759. The van der Waals surface area contributed by atoms with E-state index in [9.17, 15) is 13.2 Å². The van der Waals surface area contributed by atoms with Crippen molar-refractivity contribution in [3.8, 4) is 0 Å². The number of amides is 1. The molecule has 1 aliphatic heterocycles. The van der Waals surface area contributed by atoms with Crippen molar-refractivity contribution in [2.75, 3.05) is 19.6 Å². The van der Waals surface area contributed by atoms with Gasteiger partial charge in [0.2, 0.25) is 10.0 Å². The lowest BCUT2D eigenvalue weighted by molar-refractivity contribution is 0.0949. The largest absolute Gasteiger partial charge is 0.469 e. The summed E-state index contributed by atoms with van der Waals surface area (Å²) < 4.78 is 31.4. The molecule has 2 aromatic heterocycles. The number of hydrogen-bond donors (Lipinski definition) is 2. The Kier molecular flexibility index (Phi) is 4.53. The highest BCUT2D eigenvalue weighted by Crippen LogP contribution is 2.21. The zero-order valence-electron chi connectivity index (χ0n) is 12.6. The first-order valence-electron chi connectivity index (χ1n) is 7.56. The minimum absolute atomic E-state index is 0.135. The number of aromatic nitrogens is 1. The van der Waals surface area contributed by atoms with Crippen LogP contribution in [0.25, 0.3) is 0 Å². The fraction of sp³-hybridized carbons (Fsp3) is 0.400. The number of aromatic amines is 1. The summed E-state index contributed by atoms with van der Waals surface area (Å²) in [5, 5.41) is 2.73. The van der Waals surface area contributed by atoms with Gasteiger partial charge in [-0.3, -0.25) is 4.79 Å². The summed E-state index contributed by atoms with van der Waals surface area (Å²) in [6.45, 7) is 1.50. The summed E-state index contributed by atoms with van der Waals surface area (Å²) in [4.78, 5) is 14.9. The molecule has 0 aromatic carbocycles. The molecule has 3 heterocycles. The van der Waals surface area contributed by atoms with E-state index in [2.05, 4.69) is 10.3 Å². The molecule has 0 aliphatic carbocycles. The molecule has 2 N–H and O–H groups in total. The summed E-state index contributed by atoms with van der Waals surface area (Å²) in [5.74, 6) is 0.452. The second-order valence-corrected chi connectivity index (χ2v) is 7.38. The fourth-order valence-corrected chi connectivity index (χ4v) is 4.09. The number of nitrogens with zero attached hydrogens (tertiary/aromatic N) is 1. The molecule has 1 aliphatic rings. The van der Waals surface area contributed by atoms with Crippen molar-refractivity contribution in [2.45, 2.75) is 24.2 Å². The molecule has 0 saturated carbocycles. The first kappa shape index (κ1) is 15.8. The van der Waals surface area contributed by atoms with Crippen molar-refractivity contribution in [3.05, 3.63) is 42.1 Å². The van der Waals surface area contributed by atoms with Crippen molar-refractivity contribution in [1.29, 1.82) is 0 Å². The maximum absolute atomic E-state index is 12.4. The zero-order valence-corrected chi connectivity index (χ0v) is 13.4. The maximum Gasteiger partial charge on any atom is 0.267 e. The number of carbonyl (C=O) groups is 1. The summed E-state index contributed by atoms with van der Waals surface area (Å²) in [7, 11) is -3.50. The van der Waals surface area contributed by atoms with E-state index in [1.54, 1.807) is 12.3 Å². The van der Waals surface area contributed by atoms with Crippen LogP contribution < -0.4 is 5.32 Å². The highest BCUT2D eigenvalue weighted by Gasteiger charge is 2.28. The molecule has 0 bridgehead atoms. The number of carbonyl (C=O) groups excluding carboxylic acids is 1. The summed E-state index contributed by atoms with van der Waals surface area (Å²) in [6.07, 6.45) is 5.29. The molecule has 3 rings (SSSR count). The average molecular weight is 337 g/mol. The van der Waals surface area contributed by atoms with E-state index in [0.717, 1.165) is 18.6 Å². The van der Waals surface area contributed by atoms with Gasteiger partial charge in [-0.1, -0.05) is 0 Å². The number of nitrogens with one attached hydrogen (secondary N) is 2. The van der Waals surface area contributed by atoms with Crippen molar-refractivity contribution in [3.63, 3.8) is 0 Å². The SMILES string of the molecule is O=C(NCCc1ccco1)c1cc(S(=O)(=O)N2CCCC2)c[nH]1. The lowest BCUT2D eigenvalue weighted by Gasteiger charge is -2.13. The van der Waals surface area contributed by atoms with Gasteiger partial charge in [-0.15, -0.1) is 0 Å². The average Bonchev–Trinajstić information content (AvgIpc) is 3.27. The smallest absolute Gasteiger partial charge is 0.267 e. The van der Waals surface area contributed by atoms with Crippen LogP contribution in [0.5, 0.6) is 0 Å². The standard InChI is InChI=1S/C15H19N3O4S/c19-15(16-6-5-12-4-3-9-22-12)14-10-13(11-17-14)23(20,21)18-7-1-2-8-18/h3-4,9-11,17H,1-2,5-8H2,(H,16,19). The monoisotopic (exact) mass is 337 g/mol. The minimum atomic E-state index is -3.50. The predicted molar refractivity (Wildman–Crippen MR) is 83.5 cm³/mol. The van der Waals surface area contributed by atoms with Gasteiger partial charge in [-0.2, -0.15) is 4.31 Å². The Balaban J connectivity index is 1.60. The molecule has 23 heavy (non-hydrogen) atoms. The summed E-state index contributed by atoms with van der Waals surface area (Å²) in [6, 6.07) is 5.01. The molecule has 2 aromatic rings. The topological polar surface area (TPSA) is 95.4 Å². The molecule has 0 spiro atoms. The van der Waals surface area contributed by atoms with Gasteiger partial charge in [-0.25, -0.2) is 8.42 Å². The molecule has 1 fully saturated rings. The molecule has 7 nitrogen and oxygen atoms in total. The summed E-state index contributed by atoms with van der Waals surface area (Å²) >= 11 is 0. The normalized spacial score (nSPS) is 15.8. The van der Waals surface area contributed by atoms with E-state index in [1.807, 2.05) is 6.07 Å². The summed E-state index contributed by atoms with van der Waals surface area (Å²) in [5.41, 5.74) is 0.238. The van der Waals surface area contributed by atoms with Crippen LogP contribution in [-0.2, 0) is 16.4 Å². The van der Waals surface area contributed by atoms with Crippen molar-refractivity contribution < 1.29 is 17.6 Å². The van der Waals surface area contributed by atoms with E-state index < -0.39 is 10.0 Å². The van der Waals surface area contributed by atoms with E-state index >= 15 is 0 Å². The Labute approximate surface area is 134 Å². The molecule has 1 saturated heterocycles. The number of furan rings is 1. The minimum Gasteiger partial charge on any atom is -0.469 e. The Hall–Kier alpha value is -2.06. The lowest BCUT2D eigenvalue weighted by atomic mass is 10.3. The molecule has 0 unspecified atom stereocenters. The number of H-pyrrole nitrogens is 1. The van der Waals surface area contributed by atoms with E-state index in [4.69, 9.17) is 4.42 Å². The molecule has 124 valence electrons. The first-order chi connectivity index (χ1) is 11.1. The van der Waals surface area contributed by atoms with Crippen LogP contribution in [0.15, 0.2) is 40.0 Å². The van der Waals surface area contributed by atoms with Crippen LogP contribution in [0.4, 0.5) is 0 Å². The molecule has 8 heteroatoms. The highest BCUT2D eigenvalue weighted by molar-refractivity contribution is 7.89. The second kappa shape index (κ2) is 6.59. The third kappa shape index (κ3) is 3.48. The van der Waals surface area contributed by atoms with Crippen LogP contribution in [0, 0.1) is 0 Å². The van der Waals surface area contributed by atoms with Gasteiger partial charge in [0, 0.05) is 32.3 Å². The number of sulfonamides is 1. The van der Waals surface area contributed by atoms with Crippen molar-refractivity contribution in [1.82, 2.24) is 14.6 Å². The van der Waals surface area contributed by atoms with Crippen molar-refractivity contribution in [2.24, 2.45) is 0 Å². The lowest BCUT2D eigenvalue weighted by Crippen LogP contribution is -2.27. The Morgan fingerprint density at radius 1 is 1.35 bits per heavy atom. The van der Waals surface area contributed by atoms with Crippen LogP contribution in [-0.4, -0.2) is 43.2 Å². The Morgan fingerprint density at radius 3 is 2.83 bits per heavy atom. The quantitative estimate of drug-likeness (QED) is 0.832. The molecular formula is C15H19N3O4S. The molecule has 0 atom stereocenters. The fourth-order valence-electron chi connectivity index (χ4n) is 2.58. The predicted octanol–water partition coefficient (Wildman–Crippen LogP) is 1.36. The van der Waals surface area contributed by atoms with Crippen LogP contribution >= 0.6 is 0 Å². The van der Waals surface area contributed by atoms with Gasteiger partial charge in [0.15, 0.2) is 0 Å². The molecule has 1 amide bonds. The first-order valence-corrected chi connectivity index (χ1v) is 9.00. The van der Waals surface area contributed by atoms with E-state index in [-0.39, 0.29) is 16.5 Å². The van der Waals surface area contributed by atoms with Gasteiger partial charge < -0.3 is 14.7 Å². The maximum atomic E-state index is 12.4. The zero-order chi connectivity index (χ0) is 16.3. The van der Waals surface area contributed by atoms with Gasteiger partial charge >= 0.3 is 0 Å². The van der Waals surface area contributed by atoms with Crippen LogP contribution in [0.2, 0.25) is 0 Å². The van der Waals surface area contributed by atoms with Crippen LogP contribution in [0.3, 0.4) is 0 Å². The molecular weight excluding hydrogens is 318 g/mol. The van der Waals surface area contributed by atoms with Gasteiger partial charge in [-0.05, 0) is 31.0 Å². The number of rotatable bonds is 6. The Morgan fingerprint density at radius 2 is 2.13 bits per heavy atom. The third-order valence-electron chi connectivity index (χ3n) is 3.84. The third-order valence-corrected chi connectivity index (χ3v) is 5.72.